The summed E-state index contributed by atoms with van der Waals surface area (Å²) in [6, 6.07) is 1.24. The van der Waals surface area contributed by atoms with E-state index in [0.717, 1.165) is 87.8 Å². The smallest absolute Gasteiger partial charge is 0.462 e. The van der Waals surface area contributed by atoms with Crippen LogP contribution in [0.2, 0.25) is 0 Å². The minimum absolute atomic E-state index is 0.00189. The first-order chi connectivity index (χ1) is 35.7. The quantitative estimate of drug-likeness (QED) is 0.0177. The second kappa shape index (κ2) is 40.7. The predicted molar refractivity (Wildman–Crippen MR) is 288 cm³/mol. The molecule has 2 rings (SSSR count). The maximum Gasteiger partial charge on any atom is 0.481 e. The maximum absolute atomic E-state index is 12.9. The van der Waals surface area contributed by atoms with Crippen molar-refractivity contribution in [1.29, 1.82) is 0 Å². The molecule has 0 spiro atoms. The molecule has 1 saturated heterocycles. The third kappa shape index (κ3) is 32.7. The minimum Gasteiger partial charge on any atom is -0.462 e. The van der Waals surface area contributed by atoms with Crippen molar-refractivity contribution >= 4 is 33.4 Å². The molecular formula is C54H83N3O15P2. The average Bonchev–Trinajstić information content (AvgIpc) is 3.64. The van der Waals surface area contributed by atoms with Crippen molar-refractivity contribution in [1.82, 2.24) is 9.55 Å². The first kappa shape index (κ1) is 65.5. The number of phosphoric acid groups is 2. The lowest BCUT2D eigenvalue weighted by molar-refractivity contribution is -0.161. The number of carbonyl (C=O) groups is 2. The molecule has 1 aliphatic rings. The number of esters is 2. The van der Waals surface area contributed by atoms with Crippen LogP contribution in [0.1, 0.15) is 148 Å². The number of anilines is 1. The first-order valence-corrected chi connectivity index (χ1v) is 28.9. The number of nitrogens with two attached hydrogens (primary N) is 1. The fourth-order valence-corrected chi connectivity index (χ4v) is 8.98. The van der Waals surface area contributed by atoms with Crippen molar-refractivity contribution in [3.8, 4) is 0 Å². The lowest BCUT2D eigenvalue weighted by Gasteiger charge is -2.21. The van der Waals surface area contributed by atoms with Crippen molar-refractivity contribution in [3.63, 3.8) is 0 Å². The van der Waals surface area contributed by atoms with E-state index in [9.17, 15) is 43.5 Å². The van der Waals surface area contributed by atoms with Crippen molar-refractivity contribution in [2.45, 2.75) is 173 Å². The van der Waals surface area contributed by atoms with E-state index in [1.807, 2.05) is 18.2 Å². The van der Waals surface area contributed by atoms with Crippen LogP contribution in [0.5, 0.6) is 0 Å². The Bertz CT molecular complexity index is 2170. The zero-order chi connectivity index (χ0) is 54.1. The van der Waals surface area contributed by atoms with E-state index in [2.05, 4.69) is 114 Å². The van der Waals surface area contributed by atoms with Crippen molar-refractivity contribution < 1.29 is 66.3 Å². The zero-order valence-electron chi connectivity index (χ0n) is 43.3. The van der Waals surface area contributed by atoms with Crippen LogP contribution in [0.3, 0.4) is 0 Å². The number of aliphatic hydroxyl groups is 2. The van der Waals surface area contributed by atoms with Crippen molar-refractivity contribution in [3.05, 3.63) is 132 Å². The summed E-state index contributed by atoms with van der Waals surface area (Å²) in [6.45, 7) is 1.91. The third-order valence-electron chi connectivity index (χ3n) is 10.9. The van der Waals surface area contributed by atoms with Gasteiger partial charge in [-0.2, -0.15) is 9.29 Å². The van der Waals surface area contributed by atoms with Crippen LogP contribution >= 0.6 is 15.6 Å². The average molecular weight is 1080 g/mol. The molecule has 0 aromatic carbocycles. The van der Waals surface area contributed by atoms with E-state index in [4.69, 9.17) is 29.0 Å². The Hall–Kier alpha value is -4.58. The van der Waals surface area contributed by atoms with Gasteiger partial charge in [0.05, 0.1) is 13.2 Å². The third-order valence-corrected chi connectivity index (χ3v) is 13.5. The molecule has 0 radical (unpaired) electrons. The van der Waals surface area contributed by atoms with Gasteiger partial charge in [0.2, 0.25) is 0 Å². The number of carbonyl (C=O) groups excluding carboxylic acids is 2. The van der Waals surface area contributed by atoms with Crippen LogP contribution in [0, 0.1) is 0 Å². The number of aliphatic hydroxyl groups excluding tert-OH is 2. The summed E-state index contributed by atoms with van der Waals surface area (Å²) >= 11 is 0. The second-order valence-electron chi connectivity index (χ2n) is 17.3. The molecule has 0 amide bonds. The highest BCUT2D eigenvalue weighted by Crippen LogP contribution is 2.60. The molecule has 3 unspecified atom stereocenters. The number of nitrogens with zero attached hydrogens (tertiary/aromatic N) is 2. The number of hydrogen-bond acceptors (Lipinski definition) is 15. The van der Waals surface area contributed by atoms with Gasteiger partial charge in [0.15, 0.2) is 12.3 Å². The fourth-order valence-electron chi connectivity index (χ4n) is 6.87. The molecule has 414 valence electrons. The van der Waals surface area contributed by atoms with Gasteiger partial charge >= 0.3 is 33.3 Å². The Kier molecular flexibility index (Phi) is 36.0. The highest BCUT2D eigenvalue weighted by Gasteiger charge is 2.46. The molecule has 18 nitrogen and oxygen atoms in total. The zero-order valence-corrected chi connectivity index (χ0v) is 45.1. The van der Waals surface area contributed by atoms with E-state index in [1.54, 1.807) is 0 Å². The fraction of sp³-hybridized carbons (Fsp3) is 0.556. The molecule has 0 saturated carbocycles. The predicted octanol–water partition coefficient (Wildman–Crippen LogP) is 11.0. The summed E-state index contributed by atoms with van der Waals surface area (Å²) in [7, 11) is -10.9. The van der Waals surface area contributed by atoms with Gasteiger partial charge in [-0.1, -0.05) is 149 Å². The molecule has 0 aliphatic carbocycles. The Labute approximate surface area is 438 Å². The molecule has 1 aromatic heterocycles. The Balaban J connectivity index is 1.84. The van der Waals surface area contributed by atoms with Crippen LogP contribution < -0.4 is 11.4 Å². The SMILES string of the molecule is CC/C=C\C/C=C\C/C=C\C/C=C\C/C=C\C/C=C\CCC(=O)OC[C@H](COP(=O)(O)OP(=O)(O)OC[C@H]1O[C@@H](n2ccc(N)nc2=O)C(O)[C@H]1O)OC(=O)CCCCCC/C=C\C/C=C\C/C=C\CCCCC. The molecule has 1 aliphatic heterocycles. The highest BCUT2D eigenvalue weighted by atomic mass is 31.3. The van der Waals surface area contributed by atoms with E-state index >= 15 is 0 Å². The number of unbranched alkanes of at least 4 members (excludes halogenated alkanes) is 7. The minimum atomic E-state index is -5.45. The summed E-state index contributed by atoms with van der Waals surface area (Å²) in [5.41, 5.74) is 4.58. The number of rotatable bonds is 41. The first-order valence-electron chi connectivity index (χ1n) is 25.9. The highest BCUT2D eigenvalue weighted by molar-refractivity contribution is 7.61. The molecule has 6 N–H and O–H groups in total. The van der Waals surface area contributed by atoms with Gasteiger partial charge < -0.3 is 39.9 Å². The van der Waals surface area contributed by atoms with Gasteiger partial charge in [-0.25, -0.2) is 13.9 Å². The van der Waals surface area contributed by atoms with Crippen LogP contribution in [-0.4, -0.2) is 85.7 Å². The Morgan fingerprint density at radius 3 is 1.70 bits per heavy atom. The lowest BCUT2D eigenvalue weighted by Crippen LogP contribution is -2.36. The second-order valence-corrected chi connectivity index (χ2v) is 20.3. The molecule has 74 heavy (non-hydrogen) atoms. The largest absolute Gasteiger partial charge is 0.481 e. The monoisotopic (exact) mass is 1080 g/mol. The van der Waals surface area contributed by atoms with Crippen molar-refractivity contribution in [2.75, 3.05) is 25.6 Å². The summed E-state index contributed by atoms with van der Waals surface area (Å²) in [4.78, 5) is 61.9. The van der Waals surface area contributed by atoms with Crippen LogP contribution in [0.25, 0.3) is 0 Å². The number of ether oxygens (including phenoxy) is 3. The standard InChI is InChI=1S/C54H83N3O15P2/c1-3-5-7-9-11-13-15-17-19-21-22-24-25-27-29-31-33-35-37-39-49(58)67-43-46(70-50(59)40-38-36-34-32-30-28-26-23-20-18-16-14-12-10-8-6-4-2)44-68-73(63,64)72-74(65,66)69-45-47-51(60)52(61)53(71-47)57-42-41-48(55)56-54(57)62/h5,7,11-14,17-20,22,24,26-29,33,35,41-42,46-47,51-53,60-61H,3-4,6,8-10,15-16,21,23,25,30-32,34,36-40,43-45H2,1-2H3,(H,63,64)(H,65,66)(H2,55,56,62)/b7-5-,13-11-,14-12-,19-17-,20-18-,24-22-,28-26-,29-27-,35-33-/t46-,47-,51+,52?,53-/m1/s1. The maximum atomic E-state index is 12.9. The van der Waals surface area contributed by atoms with Crippen LogP contribution in [-0.2, 0) is 46.3 Å². The summed E-state index contributed by atoms with van der Waals surface area (Å²) in [6.07, 6.45) is 47.5. The van der Waals surface area contributed by atoms with Gasteiger partial charge in [0.25, 0.3) is 0 Å². The number of hydrogen-bond donors (Lipinski definition) is 5. The number of phosphoric ester groups is 2. The molecule has 1 fully saturated rings. The molecule has 20 heteroatoms. The number of allylic oxidation sites excluding steroid dienone is 18. The van der Waals surface area contributed by atoms with E-state index in [1.165, 1.54) is 25.3 Å². The van der Waals surface area contributed by atoms with Gasteiger partial charge in [-0.3, -0.25) is 23.2 Å². The van der Waals surface area contributed by atoms with E-state index in [0.29, 0.717) is 19.3 Å². The molecule has 0 bridgehead atoms. The number of nitrogen functional groups attached to an aromatic ring is 1. The molecule has 7 atom stereocenters. The Morgan fingerprint density at radius 2 is 1.16 bits per heavy atom. The van der Waals surface area contributed by atoms with E-state index < -0.39 is 83.7 Å². The normalized spacial score (nSPS) is 19.8. The molecule has 1 aromatic rings. The topological polar surface area (TPSA) is 265 Å². The van der Waals surface area contributed by atoms with Gasteiger partial charge in [0.1, 0.15) is 30.7 Å². The van der Waals surface area contributed by atoms with Crippen LogP contribution in [0.4, 0.5) is 5.82 Å². The Morgan fingerprint density at radius 1 is 0.662 bits per heavy atom. The molecule has 2 heterocycles. The van der Waals surface area contributed by atoms with Gasteiger partial charge in [0, 0.05) is 19.0 Å². The van der Waals surface area contributed by atoms with E-state index in [-0.39, 0.29) is 18.7 Å². The summed E-state index contributed by atoms with van der Waals surface area (Å²) in [5.74, 6) is -1.44. The van der Waals surface area contributed by atoms with Gasteiger partial charge in [-0.05, 0) is 96.0 Å². The molecular weight excluding hydrogens is 993 g/mol. The summed E-state index contributed by atoms with van der Waals surface area (Å²) < 4.78 is 56.7. The lowest BCUT2D eigenvalue weighted by atomic mass is 10.1. The van der Waals surface area contributed by atoms with Gasteiger partial charge in [-0.15, -0.1) is 0 Å². The summed E-state index contributed by atoms with van der Waals surface area (Å²) in [5, 5.41) is 20.9. The number of aromatic nitrogens is 2. The van der Waals surface area contributed by atoms with Crippen LogP contribution in [0.15, 0.2) is 126 Å². The van der Waals surface area contributed by atoms with Crippen molar-refractivity contribution in [2.24, 2.45) is 0 Å².